The third kappa shape index (κ3) is 4.73. The van der Waals surface area contributed by atoms with Gasteiger partial charge in [-0.1, -0.05) is 19.1 Å². The summed E-state index contributed by atoms with van der Waals surface area (Å²) >= 11 is 0. The molecule has 0 aromatic heterocycles. The summed E-state index contributed by atoms with van der Waals surface area (Å²) in [5.74, 6) is 0.413. The molecule has 0 aliphatic heterocycles. The minimum Gasteiger partial charge on any atom is -0.497 e. The Kier molecular flexibility index (Phi) is 6.39. The molecule has 132 valence electrons. The van der Waals surface area contributed by atoms with Crippen molar-refractivity contribution >= 4 is 17.6 Å². The summed E-state index contributed by atoms with van der Waals surface area (Å²) in [6.45, 7) is 1.85. The molecule has 1 N–H and O–H groups in total. The fraction of sp³-hybridized carbons (Fsp3) is 0.263. The fourth-order valence-corrected chi connectivity index (χ4v) is 2.23. The number of rotatable bonds is 7. The Bertz CT molecular complexity index is 727. The maximum atomic E-state index is 12.5. The van der Waals surface area contributed by atoms with E-state index in [1.807, 2.05) is 6.92 Å². The lowest BCUT2D eigenvalue weighted by Crippen LogP contribution is -2.32. The minimum absolute atomic E-state index is 0.289. The molecule has 0 fully saturated rings. The summed E-state index contributed by atoms with van der Waals surface area (Å²) in [6.07, 6.45) is -0.225. The molecule has 0 aliphatic carbocycles. The van der Waals surface area contributed by atoms with E-state index < -0.39 is 12.1 Å². The van der Waals surface area contributed by atoms with Gasteiger partial charge in [0, 0.05) is 0 Å². The molecule has 0 bridgehead atoms. The number of anilines is 1. The average Bonchev–Trinajstić information content (AvgIpc) is 2.66. The molecule has 25 heavy (non-hydrogen) atoms. The number of methoxy groups -OCH3 is 2. The third-order valence-corrected chi connectivity index (χ3v) is 3.59. The van der Waals surface area contributed by atoms with Crippen molar-refractivity contribution in [3.63, 3.8) is 0 Å². The van der Waals surface area contributed by atoms with Gasteiger partial charge in [-0.3, -0.25) is 4.79 Å². The Labute approximate surface area is 146 Å². The molecule has 2 aromatic rings. The molecule has 1 atom stereocenters. The van der Waals surface area contributed by atoms with Gasteiger partial charge < -0.3 is 19.5 Å². The van der Waals surface area contributed by atoms with Crippen molar-refractivity contribution in [3.8, 4) is 11.5 Å². The largest absolute Gasteiger partial charge is 0.497 e. The van der Waals surface area contributed by atoms with E-state index in [-0.39, 0.29) is 11.5 Å². The lowest BCUT2D eigenvalue weighted by molar-refractivity contribution is -0.122. The first-order valence-corrected chi connectivity index (χ1v) is 7.88. The Morgan fingerprint density at radius 2 is 1.64 bits per heavy atom. The third-order valence-electron chi connectivity index (χ3n) is 3.59. The van der Waals surface area contributed by atoms with Crippen molar-refractivity contribution in [3.05, 3.63) is 54.1 Å². The number of amides is 1. The van der Waals surface area contributed by atoms with Gasteiger partial charge in [0.1, 0.15) is 11.5 Å². The molecule has 2 aromatic carbocycles. The number of ether oxygens (including phenoxy) is 3. The van der Waals surface area contributed by atoms with E-state index in [1.54, 1.807) is 55.6 Å². The number of benzene rings is 2. The molecule has 6 heteroatoms. The molecule has 6 nitrogen and oxygen atoms in total. The van der Waals surface area contributed by atoms with Crippen LogP contribution in [0.2, 0.25) is 0 Å². The average molecular weight is 343 g/mol. The van der Waals surface area contributed by atoms with Crippen LogP contribution in [0.15, 0.2) is 48.5 Å². The van der Waals surface area contributed by atoms with Gasteiger partial charge >= 0.3 is 5.97 Å². The highest BCUT2D eigenvalue weighted by atomic mass is 16.5. The van der Waals surface area contributed by atoms with Crippen molar-refractivity contribution in [2.45, 2.75) is 19.4 Å². The molecular formula is C19H21NO5. The highest BCUT2D eigenvalue weighted by Crippen LogP contribution is 2.21. The zero-order valence-corrected chi connectivity index (χ0v) is 14.4. The van der Waals surface area contributed by atoms with Gasteiger partial charge in [0.25, 0.3) is 5.91 Å². The molecule has 0 saturated carbocycles. The molecule has 1 amide bonds. The van der Waals surface area contributed by atoms with Crippen molar-refractivity contribution in [2.24, 2.45) is 0 Å². The molecule has 0 heterocycles. The van der Waals surface area contributed by atoms with E-state index in [1.165, 1.54) is 7.11 Å². The quantitative estimate of drug-likeness (QED) is 0.781. The second-order valence-electron chi connectivity index (χ2n) is 5.22. The van der Waals surface area contributed by atoms with Crippen LogP contribution in [0.4, 0.5) is 5.69 Å². The van der Waals surface area contributed by atoms with Gasteiger partial charge in [-0.2, -0.15) is 0 Å². The maximum absolute atomic E-state index is 12.5. The maximum Gasteiger partial charge on any atom is 0.339 e. The van der Waals surface area contributed by atoms with E-state index in [2.05, 4.69) is 5.32 Å². The summed E-state index contributed by atoms with van der Waals surface area (Å²) in [5, 5.41) is 2.73. The van der Waals surface area contributed by atoms with Crippen LogP contribution in [0.5, 0.6) is 11.5 Å². The van der Waals surface area contributed by atoms with Crippen LogP contribution in [-0.4, -0.2) is 32.2 Å². The van der Waals surface area contributed by atoms with Crippen LogP contribution in [-0.2, 0) is 9.53 Å². The van der Waals surface area contributed by atoms with Crippen LogP contribution in [0.25, 0.3) is 0 Å². The van der Waals surface area contributed by atoms with Crippen LogP contribution in [0.1, 0.15) is 23.7 Å². The number of para-hydroxylation sites is 1. The number of hydrogen-bond acceptors (Lipinski definition) is 5. The Morgan fingerprint density at radius 3 is 2.24 bits per heavy atom. The molecule has 0 aliphatic rings. The van der Waals surface area contributed by atoms with Gasteiger partial charge in [0.15, 0.2) is 6.10 Å². The van der Waals surface area contributed by atoms with Crippen LogP contribution in [0.3, 0.4) is 0 Å². The van der Waals surface area contributed by atoms with Gasteiger partial charge in [0.2, 0.25) is 0 Å². The minimum atomic E-state index is -0.695. The van der Waals surface area contributed by atoms with Crippen LogP contribution >= 0.6 is 0 Å². The number of carbonyl (C=O) groups is 2. The molecule has 0 spiro atoms. The SMILES string of the molecule is CC[C@@H](Oc1ccc(OC)cc1)C(=O)Nc1ccccc1C(=O)OC. The molecule has 0 unspecified atom stereocenters. The predicted molar refractivity (Wildman–Crippen MR) is 94.1 cm³/mol. The van der Waals surface area contributed by atoms with Gasteiger partial charge in [-0.25, -0.2) is 4.79 Å². The molecule has 0 saturated heterocycles. The lowest BCUT2D eigenvalue weighted by Gasteiger charge is -2.18. The lowest BCUT2D eigenvalue weighted by atomic mass is 10.1. The van der Waals surface area contributed by atoms with E-state index in [4.69, 9.17) is 14.2 Å². The first kappa shape index (κ1) is 18.3. The monoisotopic (exact) mass is 343 g/mol. The second-order valence-corrected chi connectivity index (χ2v) is 5.22. The summed E-state index contributed by atoms with van der Waals surface area (Å²) < 4.78 is 15.6. The first-order chi connectivity index (χ1) is 12.1. The molecular weight excluding hydrogens is 322 g/mol. The normalized spacial score (nSPS) is 11.3. The van der Waals surface area contributed by atoms with E-state index in [0.29, 0.717) is 23.6 Å². The Hall–Kier alpha value is -3.02. The van der Waals surface area contributed by atoms with E-state index >= 15 is 0 Å². The topological polar surface area (TPSA) is 73.9 Å². The van der Waals surface area contributed by atoms with Crippen LogP contribution in [0, 0.1) is 0 Å². The van der Waals surface area contributed by atoms with Crippen molar-refractivity contribution in [1.82, 2.24) is 0 Å². The fourth-order valence-electron chi connectivity index (χ4n) is 2.23. The summed E-state index contributed by atoms with van der Waals surface area (Å²) in [4.78, 5) is 24.3. The van der Waals surface area contributed by atoms with Crippen molar-refractivity contribution in [2.75, 3.05) is 19.5 Å². The summed E-state index contributed by atoms with van der Waals surface area (Å²) in [5.41, 5.74) is 0.675. The number of nitrogens with one attached hydrogen (secondary N) is 1. The van der Waals surface area contributed by atoms with E-state index in [0.717, 1.165) is 0 Å². The zero-order valence-electron chi connectivity index (χ0n) is 14.4. The van der Waals surface area contributed by atoms with Gasteiger partial charge in [-0.15, -0.1) is 0 Å². The Morgan fingerprint density at radius 1 is 1.00 bits per heavy atom. The molecule has 2 rings (SSSR count). The van der Waals surface area contributed by atoms with Crippen molar-refractivity contribution in [1.29, 1.82) is 0 Å². The standard InChI is InChI=1S/C19H21NO5/c1-4-17(25-14-11-9-13(23-2)10-12-14)18(21)20-16-8-6-5-7-15(16)19(22)24-3/h5-12,17H,4H2,1-3H3,(H,20,21)/t17-/m1/s1. The Balaban J connectivity index is 2.11. The van der Waals surface area contributed by atoms with Crippen molar-refractivity contribution < 1.29 is 23.8 Å². The van der Waals surface area contributed by atoms with Gasteiger partial charge in [-0.05, 0) is 42.8 Å². The predicted octanol–water partition coefficient (Wildman–Crippen LogP) is 3.28. The smallest absolute Gasteiger partial charge is 0.339 e. The number of esters is 1. The van der Waals surface area contributed by atoms with E-state index in [9.17, 15) is 9.59 Å². The zero-order chi connectivity index (χ0) is 18.2. The summed E-state index contributed by atoms with van der Waals surface area (Å²) in [7, 11) is 2.87. The number of hydrogen-bond donors (Lipinski definition) is 1. The second kappa shape index (κ2) is 8.73. The molecule has 0 radical (unpaired) electrons. The first-order valence-electron chi connectivity index (χ1n) is 7.88. The van der Waals surface area contributed by atoms with Gasteiger partial charge in [0.05, 0.1) is 25.5 Å². The number of carbonyl (C=O) groups excluding carboxylic acids is 2. The highest BCUT2D eigenvalue weighted by molar-refractivity contribution is 6.02. The summed E-state index contributed by atoms with van der Waals surface area (Å²) in [6, 6.07) is 13.6. The highest BCUT2D eigenvalue weighted by Gasteiger charge is 2.21. The van der Waals surface area contributed by atoms with Crippen LogP contribution < -0.4 is 14.8 Å².